The highest BCUT2D eigenvalue weighted by Crippen LogP contribution is 2.40. The van der Waals surface area contributed by atoms with Gasteiger partial charge in [-0.3, -0.25) is 10.1 Å². The average molecular weight is 514 g/mol. The lowest BCUT2D eigenvalue weighted by Crippen LogP contribution is -2.38. The van der Waals surface area contributed by atoms with Crippen molar-refractivity contribution < 1.29 is 14.6 Å². The Hall–Kier alpha value is -3.07. The molecule has 4 aromatic rings. The van der Waals surface area contributed by atoms with E-state index in [1.165, 1.54) is 0 Å². The Balaban J connectivity index is 1.54. The molecule has 1 aliphatic heterocycles. The molecule has 0 radical (unpaired) electrons. The molecule has 1 saturated heterocycles. The summed E-state index contributed by atoms with van der Waals surface area (Å²) in [4.78, 5) is 11.0. The number of H-pyrrole nitrogens is 1. The number of halogens is 2. The van der Waals surface area contributed by atoms with E-state index in [4.69, 9.17) is 32.7 Å². The minimum Gasteiger partial charge on any atom is -0.493 e. The number of aliphatic hydroxyl groups is 1. The van der Waals surface area contributed by atoms with Crippen LogP contribution in [0.15, 0.2) is 30.6 Å². The van der Waals surface area contributed by atoms with E-state index >= 15 is 0 Å². The summed E-state index contributed by atoms with van der Waals surface area (Å²) < 4.78 is 11.9. The van der Waals surface area contributed by atoms with Gasteiger partial charge in [0, 0.05) is 53.6 Å². The summed E-state index contributed by atoms with van der Waals surface area (Å²) in [6.45, 7) is 5.50. The van der Waals surface area contributed by atoms with Crippen molar-refractivity contribution in [3.63, 3.8) is 0 Å². The van der Waals surface area contributed by atoms with Gasteiger partial charge in [0.05, 0.1) is 35.0 Å². The molecule has 0 unspecified atom stereocenters. The molecule has 1 atom stereocenters. The van der Waals surface area contributed by atoms with Crippen molar-refractivity contribution >= 4 is 39.9 Å². The highest BCUT2D eigenvalue weighted by Gasteiger charge is 2.23. The first-order valence-electron chi connectivity index (χ1n) is 11.3. The molecule has 4 heterocycles. The van der Waals surface area contributed by atoms with Crippen LogP contribution >= 0.6 is 23.2 Å². The standard InChI is InChI=1S/C25H25Cl2N5O3/c1-13-23(27)22(18(26)11-28-13)14(2)35-21-8-17-19(9-20(21)34-3)30-31-24(17)15-7-16(12-33)25(29-10-15)32-5-4-6-32/h7-11,14,33H,4-6,12H2,1-3H3,(H,30,31)/t14-/m1/s1. The van der Waals surface area contributed by atoms with Crippen molar-refractivity contribution in [2.24, 2.45) is 0 Å². The maximum atomic E-state index is 9.95. The molecule has 8 nitrogen and oxygen atoms in total. The van der Waals surface area contributed by atoms with Gasteiger partial charge in [0.15, 0.2) is 11.5 Å². The number of anilines is 1. The second kappa shape index (κ2) is 9.53. The third-order valence-corrected chi connectivity index (χ3v) is 7.06. The van der Waals surface area contributed by atoms with Gasteiger partial charge in [-0.15, -0.1) is 0 Å². The van der Waals surface area contributed by atoms with E-state index in [1.807, 2.05) is 32.0 Å². The molecule has 0 saturated carbocycles. The molecule has 2 N–H and O–H groups in total. The van der Waals surface area contributed by atoms with E-state index in [9.17, 15) is 5.11 Å². The Bertz CT molecular complexity index is 1400. The fraction of sp³-hybridized carbons (Fsp3) is 0.320. The third kappa shape index (κ3) is 4.26. The van der Waals surface area contributed by atoms with E-state index in [1.54, 1.807) is 19.5 Å². The molecule has 10 heteroatoms. The van der Waals surface area contributed by atoms with Crippen molar-refractivity contribution in [3.05, 3.63) is 57.5 Å². The van der Waals surface area contributed by atoms with Gasteiger partial charge in [-0.25, -0.2) is 4.98 Å². The zero-order valence-corrected chi connectivity index (χ0v) is 21.1. The van der Waals surface area contributed by atoms with E-state index in [2.05, 4.69) is 25.1 Å². The molecular formula is C25H25Cl2N5O3. The minimum atomic E-state index is -0.461. The van der Waals surface area contributed by atoms with Crippen LogP contribution in [0.25, 0.3) is 22.2 Å². The average Bonchev–Trinajstić information content (AvgIpc) is 3.23. The molecule has 35 heavy (non-hydrogen) atoms. The Morgan fingerprint density at radius 1 is 1.14 bits per heavy atom. The lowest BCUT2D eigenvalue weighted by molar-refractivity contribution is 0.216. The van der Waals surface area contributed by atoms with Gasteiger partial charge in [-0.2, -0.15) is 5.10 Å². The van der Waals surface area contributed by atoms with Crippen molar-refractivity contribution in [2.75, 3.05) is 25.1 Å². The van der Waals surface area contributed by atoms with Crippen LogP contribution < -0.4 is 14.4 Å². The van der Waals surface area contributed by atoms with Gasteiger partial charge < -0.3 is 19.5 Å². The quantitative estimate of drug-likeness (QED) is 0.337. The predicted octanol–water partition coefficient (Wildman–Crippen LogP) is 5.49. The summed E-state index contributed by atoms with van der Waals surface area (Å²) in [5.41, 5.74) is 4.39. The summed E-state index contributed by atoms with van der Waals surface area (Å²) >= 11 is 12.9. The van der Waals surface area contributed by atoms with Gasteiger partial charge in [-0.05, 0) is 32.4 Å². The second-order valence-electron chi connectivity index (χ2n) is 8.51. The van der Waals surface area contributed by atoms with Crippen LogP contribution in [0.1, 0.15) is 36.3 Å². The number of ether oxygens (including phenoxy) is 2. The Labute approximate surface area is 212 Å². The van der Waals surface area contributed by atoms with Crippen molar-refractivity contribution in [2.45, 2.75) is 33.0 Å². The number of aromatic amines is 1. The Kier molecular flexibility index (Phi) is 6.44. The molecule has 5 rings (SSSR count). The first-order valence-corrected chi connectivity index (χ1v) is 12.0. The van der Waals surface area contributed by atoms with E-state index in [-0.39, 0.29) is 6.61 Å². The number of aliphatic hydroxyl groups excluding tert-OH is 1. The summed E-state index contributed by atoms with van der Waals surface area (Å²) in [6, 6.07) is 5.65. The zero-order chi connectivity index (χ0) is 24.7. The Morgan fingerprint density at radius 2 is 1.94 bits per heavy atom. The topological polar surface area (TPSA) is 96.4 Å². The molecule has 1 fully saturated rings. The zero-order valence-electron chi connectivity index (χ0n) is 19.6. The molecule has 3 aromatic heterocycles. The number of fused-ring (bicyclic) bond motifs is 1. The van der Waals surface area contributed by atoms with Crippen molar-refractivity contribution in [1.82, 2.24) is 20.2 Å². The monoisotopic (exact) mass is 513 g/mol. The summed E-state index contributed by atoms with van der Waals surface area (Å²) in [7, 11) is 1.58. The molecule has 0 aliphatic carbocycles. The summed E-state index contributed by atoms with van der Waals surface area (Å²) in [5, 5.41) is 19.3. The van der Waals surface area contributed by atoms with Gasteiger partial charge >= 0.3 is 0 Å². The fourth-order valence-corrected chi connectivity index (χ4v) is 4.91. The fourth-order valence-electron chi connectivity index (χ4n) is 4.26. The smallest absolute Gasteiger partial charge is 0.162 e. The highest BCUT2D eigenvalue weighted by atomic mass is 35.5. The molecular weight excluding hydrogens is 489 g/mol. The maximum absolute atomic E-state index is 9.95. The van der Waals surface area contributed by atoms with E-state index in [0.29, 0.717) is 38.5 Å². The number of hydrogen-bond donors (Lipinski definition) is 2. The second-order valence-corrected chi connectivity index (χ2v) is 9.29. The molecule has 182 valence electrons. The van der Waals surface area contributed by atoms with Crippen LogP contribution in [0.5, 0.6) is 11.5 Å². The van der Waals surface area contributed by atoms with Crippen LogP contribution in [0, 0.1) is 6.92 Å². The number of rotatable bonds is 7. The lowest BCUT2D eigenvalue weighted by atomic mass is 10.1. The normalized spacial score (nSPS) is 14.2. The number of nitrogens with zero attached hydrogens (tertiary/aromatic N) is 4. The van der Waals surface area contributed by atoms with Gasteiger partial charge in [0.2, 0.25) is 0 Å². The van der Waals surface area contributed by atoms with Crippen LogP contribution in [-0.4, -0.2) is 45.5 Å². The van der Waals surface area contributed by atoms with Gasteiger partial charge in [-0.1, -0.05) is 23.2 Å². The van der Waals surface area contributed by atoms with Crippen LogP contribution in [0.2, 0.25) is 10.0 Å². The first kappa shape index (κ1) is 23.7. The van der Waals surface area contributed by atoms with E-state index in [0.717, 1.165) is 47.4 Å². The van der Waals surface area contributed by atoms with Crippen molar-refractivity contribution in [1.29, 1.82) is 0 Å². The SMILES string of the molecule is COc1cc2[nH]nc(-c3cnc(N4CCC4)c(CO)c3)c2cc1O[C@H](C)c1c(Cl)cnc(C)c1Cl. The van der Waals surface area contributed by atoms with Gasteiger partial charge in [0.25, 0.3) is 0 Å². The number of hydrogen-bond acceptors (Lipinski definition) is 7. The van der Waals surface area contributed by atoms with Crippen LogP contribution in [-0.2, 0) is 6.61 Å². The van der Waals surface area contributed by atoms with Crippen LogP contribution in [0.4, 0.5) is 5.82 Å². The minimum absolute atomic E-state index is 0.0956. The largest absolute Gasteiger partial charge is 0.493 e. The van der Waals surface area contributed by atoms with Gasteiger partial charge in [0.1, 0.15) is 17.6 Å². The lowest BCUT2D eigenvalue weighted by Gasteiger charge is -2.33. The van der Waals surface area contributed by atoms with Crippen LogP contribution in [0.3, 0.4) is 0 Å². The molecule has 1 aliphatic rings. The number of nitrogens with one attached hydrogen (secondary N) is 1. The predicted molar refractivity (Wildman–Crippen MR) is 137 cm³/mol. The number of methoxy groups -OCH3 is 1. The van der Waals surface area contributed by atoms with Crippen molar-refractivity contribution in [3.8, 4) is 22.8 Å². The van der Waals surface area contributed by atoms with E-state index < -0.39 is 6.10 Å². The molecule has 0 spiro atoms. The number of benzene rings is 1. The maximum Gasteiger partial charge on any atom is 0.162 e. The molecule has 0 amide bonds. The summed E-state index contributed by atoms with van der Waals surface area (Å²) in [6.07, 6.45) is 4.03. The summed E-state index contributed by atoms with van der Waals surface area (Å²) in [5.74, 6) is 1.88. The third-order valence-electron chi connectivity index (χ3n) is 6.28. The first-order chi connectivity index (χ1) is 16.9. The number of aromatic nitrogens is 4. The highest BCUT2D eigenvalue weighted by molar-refractivity contribution is 6.36. The number of aryl methyl sites for hydroxylation is 1. The Morgan fingerprint density at radius 3 is 2.63 bits per heavy atom. The molecule has 0 bridgehead atoms. The molecule has 1 aromatic carbocycles. The number of pyridine rings is 2.